The van der Waals surface area contributed by atoms with Crippen molar-refractivity contribution in [1.29, 1.82) is 0 Å². The fraction of sp³-hybridized carbons (Fsp3) is 0.583. The SMILES string of the molecule is CCOC(C)n1cc(C#CC(C)(C)O)cn1. The molecule has 1 rings (SSSR count). The van der Waals surface area contributed by atoms with Crippen LogP contribution in [-0.4, -0.2) is 27.1 Å². The summed E-state index contributed by atoms with van der Waals surface area (Å²) < 4.78 is 7.10. The molecule has 1 heterocycles. The second kappa shape index (κ2) is 5.15. The third kappa shape index (κ3) is 4.05. The Morgan fingerprint density at radius 2 is 2.31 bits per heavy atom. The first-order chi connectivity index (χ1) is 7.42. The van der Waals surface area contributed by atoms with Crippen LogP contribution < -0.4 is 0 Å². The van der Waals surface area contributed by atoms with E-state index in [1.807, 2.05) is 13.8 Å². The highest BCUT2D eigenvalue weighted by atomic mass is 16.5. The molecule has 0 aliphatic carbocycles. The quantitative estimate of drug-likeness (QED) is 0.789. The summed E-state index contributed by atoms with van der Waals surface area (Å²) in [5, 5.41) is 13.6. The van der Waals surface area contributed by atoms with Crippen LogP contribution in [0.25, 0.3) is 0 Å². The van der Waals surface area contributed by atoms with Crippen molar-refractivity contribution in [2.45, 2.75) is 39.5 Å². The van der Waals surface area contributed by atoms with Gasteiger partial charge in [-0.25, -0.2) is 4.68 Å². The van der Waals surface area contributed by atoms with Gasteiger partial charge in [0.25, 0.3) is 0 Å². The van der Waals surface area contributed by atoms with E-state index in [2.05, 4.69) is 16.9 Å². The predicted octanol–water partition coefficient (Wildman–Crippen LogP) is 1.56. The van der Waals surface area contributed by atoms with Crippen LogP contribution in [0.15, 0.2) is 12.4 Å². The van der Waals surface area contributed by atoms with Crippen molar-refractivity contribution in [1.82, 2.24) is 9.78 Å². The van der Waals surface area contributed by atoms with Crippen molar-refractivity contribution >= 4 is 0 Å². The summed E-state index contributed by atoms with van der Waals surface area (Å²) in [5.74, 6) is 5.60. The Balaban J connectivity index is 2.74. The molecule has 1 N–H and O–H groups in total. The monoisotopic (exact) mass is 222 g/mol. The van der Waals surface area contributed by atoms with Crippen molar-refractivity contribution in [2.24, 2.45) is 0 Å². The van der Waals surface area contributed by atoms with Crippen LogP contribution in [0.4, 0.5) is 0 Å². The van der Waals surface area contributed by atoms with Gasteiger partial charge >= 0.3 is 0 Å². The Labute approximate surface area is 96.2 Å². The molecule has 1 unspecified atom stereocenters. The van der Waals surface area contributed by atoms with Crippen molar-refractivity contribution < 1.29 is 9.84 Å². The lowest BCUT2D eigenvalue weighted by Crippen LogP contribution is -2.14. The molecule has 0 saturated heterocycles. The first-order valence-corrected chi connectivity index (χ1v) is 5.33. The summed E-state index contributed by atoms with van der Waals surface area (Å²) >= 11 is 0. The van der Waals surface area contributed by atoms with Gasteiger partial charge in [0.1, 0.15) is 11.8 Å². The Bertz CT molecular complexity index is 393. The zero-order valence-corrected chi connectivity index (χ0v) is 10.2. The molecule has 0 aliphatic heterocycles. The average Bonchev–Trinajstić information content (AvgIpc) is 2.62. The topological polar surface area (TPSA) is 47.3 Å². The van der Waals surface area contributed by atoms with E-state index >= 15 is 0 Å². The van der Waals surface area contributed by atoms with Gasteiger partial charge in [-0.1, -0.05) is 11.8 Å². The van der Waals surface area contributed by atoms with E-state index in [-0.39, 0.29) is 6.23 Å². The van der Waals surface area contributed by atoms with Crippen LogP contribution in [0.5, 0.6) is 0 Å². The maximum atomic E-state index is 9.45. The van der Waals surface area contributed by atoms with Gasteiger partial charge in [-0.15, -0.1) is 0 Å². The Morgan fingerprint density at radius 1 is 1.62 bits per heavy atom. The molecule has 0 spiro atoms. The molecule has 4 nitrogen and oxygen atoms in total. The molecule has 0 saturated carbocycles. The van der Waals surface area contributed by atoms with Crippen LogP contribution in [0.3, 0.4) is 0 Å². The van der Waals surface area contributed by atoms with Crippen molar-refractivity contribution in [2.75, 3.05) is 6.61 Å². The summed E-state index contributed by atoms with van der Waals surface area (Å²) in [7, 11) is 0. The molecule has 1 atom stereocenters. The van der Waals surface area contributed by atoms with E-state index in [1.165, 1.54) is 0 Å². The maximum absolute atomic E-state index is 9.45. The summed E-state index contributed by atoms with van der Waals surface area (Å²) in [5.41, 5.74) is -0.207. The van der Waals surface area contributed by atoms with Gasteiger partial charge in [-0.3, -0.25) is 0 Å². The van der Waals surface area contributed by atoms with E-state index in [0.29, 0.717) is 6.61 Å². The lowest BCUT2D eigenvalue weighted by Gasteiger charge is -2.10. The minimum atomic E-state index is -0.979. The van der Waals surface area contributed by atoms with Crippen molar-refractivity contribution in [3.05, 3.63) is 18.0 Å². The number of aliphatic hydroxyl groups is 1. The molecular weight excluding hydrogens is 204 g/mol. The van der Waals surface area contributed by atoms with Gasteiger partial charge in [0.05, 0.1) is 11.8 Å². The van der Waals surface area contributed by atoms with E-state index in [0.717, 1.165) is 5.56 Å². The molecular formula is C12H18N2O2. The van der Waals surface area contributed by atoms with Gasteiger partial charge in [0.2, 0.25) is 0 Å². The molecule has 1 aromatic heterocycles. The van der Waals surface area contributed by atoms with Gasteiger partial charge in [0.15, 0.2) is 0 Å². The molecule has 88 valence electrons. The number of nitrogens with zero attached hydrogens (tertiary/aromatic N) is 2. The molecule has 0 bridgehead atoms. The third-order valence-electron chi connectivity index (χ3n) is 1.89. The van der Waals surface area contributed by atoms with E-state index in [4.69, 9.17) is 4.74 Å². The zero-order chi connectivity index (χ0) is 12.2. The maximum Gasteiger partial charge on any atom is 0.147 e. The molecule has 0 radical (unpaired) electrons. The van der Waals surface area contributed by atoms with E-state index in [1.54, 1.807) is 30.9 Å². The highest BCUT2D eigenvalue weighted by molar-refractivity contribution is 5.32. The second-order valence-electron chi connectivity index (χ2n) is 4.07. The fourth-order valence-corrected chi connectivity index (χ4v) is 1.14. The van der Waals surface area contributed by atoms with Crippen LogP contribution in [-0.2, 0) is 4.74 Å². The Hall–Kier alpha value is -1.31. The van der Waals surface area contributed by atoms with Crippen molar-refractivity contribution in [3.8, 4) is 11.8 Å². The molecule has 1 aromatic rings. The number of hydrogen-bond acceptors (Lipinski definition) is 3. The smallest absolute Gasteiger partial charge is 0.147 e. The Morgan fingerprint density at radius 3 is 2.88 bits per heavy atom. The summed E-state index contributed by atoms with van der Waals surface area (Å²) in [6.45, 7) is 7.80. The normalized spacial score (nSPS) is 13.1. The van der Waals surface area contributed by atoms with Crippen LogP contribution in [0.1, 0.15) is 39.5 Å². The summed E-state index contributed by atoms with van der Waals surface area (Å²) in [4.78, 5) is 0. The molecule has 0 fully saturated rings. The summed E-state index contributed by atoms with van der Waals surface area (Å²) in [6.07, 6.45) is 3.37. The van der Waals surface area contributed by atoms with Gasteiger partial charge in [-0.2, -0.15) is 5.10 Å². The van der Waals surface area contributed by atoms with Crippen LogP contribution in [0.2, 0.25) is 0 Å². The molecule has 0 aromatic carbocycles. The highest BCUT2D eigenvalue weighted by Gasteiger charge is 2.07. The average molecular weight is 222 g/mol. The third-order valence-corrected chi connectivity index (χ3v) is 1.89. The largest absolute Gasteiger partial charge is 0.378 e. The first kappa shape index (κ1) is 12.8. The first-order valence-electron chi connectivity index (χ1n) is 5.33. The molecule has 0 amide bonds. The van der Waals surface area contributed by atoms with E-state index in [9.17, 15) is 5.11 Å². The van der Waals surface area contributed by atoms with Gasteiger partial charge in [0, 0.05) is 12.8 Å². The van der Waals surface area contributed by atoms with Crippen molar-refractivity contribution in [3.63, 3.8) is 0 Å². The minimum Gasteiger partial charge on any atom is -0.378 e. The number of hydrogen-bond donors (Lipinski definition) is 1. The summed E-state index contributed by atoms with van der Waals surface area (Å²) in [6, 6.07) is 0. The lowest BCUT2D eigenvalue weighted by molar-refractivity contribution is 0.0159. The Kier molecular flexibility index (Phi) is 4.11. The number of rotatable bonds is 3. The predicted molar refractivity (Wildman–Crippen MR) is 61.7 cm³/mol. The lowest BCUT2D eigenvalue weighted by atomic mass is 10.1. The second-order valence-corrected chi connectivity index (χ2v) is 4.07. The minimum absolute atomic E-state index is 0.0947. The van der Waals surface area contributed by atoms with Crippen LogP contribution in [0, 0.1) is 11.8 Å². The van der Waals surface area contributed by atoms with E-state index < -0.39 is 5.60 Å². The van der Waals surface area contributed by atoms with Gasteiger partial charge < -0.3 is 9.84 Å². The van der Waals surface area contributed by atoms with Gasteiger partial charge in [-0.05, 0) is 27.7 Å². The fourth-order valence-electron chi connectivity index (χ4n) is 1.14. The zero-order valence-electron chi connectivity index (χ0n) is 10.2. The van der Waals surface area contributed by atoms with Crippen LogP contribution >= 0.6 is 0 Å². The number of ether oxygens (including phenoxy) is 1. The standard InChI is InChI=1S/C12H18N2O2/c1-5-16-10(2)14-9-11(8-13-14)6-7-12(3,4)15/h8-10,15H,5H2,1-4H3. The number of aromatic nitrogens is 2. The molecule has 16 heavy (non-hydrogen) atoms. The molecule has 4 heteroatoms. The molecule has 0 aliphatic rings. The highest BCUT2D eigenvalue weighted by Crippen LogP contribution is 2.07.